The first-order chi connectivity index (χ1) is 16.7. The molecule has 3 heterocycles. The van der Waals surface area contributed by atoms with Gasteiger partial charge in [0.2, 0.25) is 5.91 Å². The Balaban J connectivity index is 1.22. The minimum Gasteiger partial charge on any atom is -0.337 e. The molecule has 0 atom stereocenters. The molecule has 2 aromatic carbocycles. The van der Waals surface area contributed by atoms with Gasteiger partial charge in [-0.05, 0) is 42.5 Å². The number of para-hydroxylation sites is 2. The Labute approximate surface area is 195 Å². The zero-order valence-electron chi connectivity index (χ0n) is 18.1. The molecule has 5 rings (SSSR count). The third-order valence-electron chi connectivity index (χ3n) is 5.27. The molecule has 0 radical (unpaired) electrons. The number of carbonyl (C=O) groups is 2. The smallest absolute Gasteiger partial charge is 0.255 e. The van der Waals surface area contributed by atoms with Crippen molar-refractivity contribution < 1.29 is 9.59 Å². The van der Waals surface area contributed by atoms with E-state index in [9.17, 15) is 9.59 Å². The summed E-state index contributed by atoms with van der Waals surface area (Å²) in [6, 6.07) is 18.2. The fourth-order valence-corrected chi connectivity index (χ4v) is 3.56. The van der Waals surface area contributed by atoms with Crippen molar-refractivity contribution in [3.05, 3.63) is 97.5 Å². The largest absolute Gasteiger partial charge is 0.337 e. The van der Waals surface area contributed by atoms with Crippen LogP contribution in [0.15, 0.2) is 91.9 Å². The second-order valence-corrected chi connectivity index (χ2v) is 7.64. The van der Waals surface area contributed by atoms with E-state index in [1.54, 1.807) is 61.6 Å². The maximum atomic E-state index is 12.7. The lowest BCUT2D eigenvalue weighted by atomic mass is 10.2. The summed E-state index contributed by atoms with van der Waals surface area (Å²) < 4.78 is 3.72. The Bertz CT molecular complexity index is 1440. The number of benzene rings is 2. The van der Waals surface area contributed by atoms with Crippen LogP contribution in [0, 0.1) is 0 Å². The van der Waals surface area contributed by atoms with Crippen LogP contribution in [-0.2, 0) is 11.3 Å². The molecule has 2 amide bonds. The molecule has 0 aliphatic heterocycles. The van der Waals surface area contributed by atoms with E-state index < -0.39 is 0 Å². The number of carbonyl (C=O) groups excluding carboxylic acids is 2. The second kappa shape index (κ2) is 9.37. The zero-order chi connectivity index (χ0) is 23.3. The third kappa shape index (κ3) is 4.68. The van der Waals surface area contributed by atoms with Crippen molar-refractivity contribution in [1.82, 2.24) is 24.1 Å². The first-order valence-corrected chi connectivity index (χ1v) is 10.7. The fourth-order valence-electron chi connectivity index (χ4n) is 3.56. The average molecular weight is 451 g/mol. The van der Waals surface area contributed by atoms with Gasteiger partial charge in [-0.1, -0.05) is 18.2 Å². The van der Waals surface area contributed by atoms with Gasteiger partial charge >= 0.3 is 0 Å². The van der Waals surface area contributed by atoms with Gasteiger partial charge < -0.3 is 15.2 Å². The molecular weight excluding hydrogens is 430 g/mol. The summed E-state index contributed by atoms with van der Waals surface area (Å²) in [7, 11) is 0. The maximum Gasteiger partial charge on any atom is 0.255 e. The molecule has 0 unspecified atom stereocenters. The van der Waals surface area contributed by atoms with E-state index in [1.165, 1.54) is 0 Å². The van der Waals surface area contributed by atoms with Gasteiger partial charge in [0.05, 0.1) is 29.2 Å². The summed E-state index contributed by atoms with van der Waals surface area (Å²) in [5, 5.41) is 5.67. The van der Waals surface area contributed by atoms with Gasteiger partial charge in [-0.15, -0.1) is 0 Å². The monoisotopic (exact) mass is 451 g/mol. The molecule has 0 bridgehead atoms. The van der Waals surface area contributed by atoms with Gasteiger partial charge in [-0.25, -0.2) is 15.0 Å². The van der Waals surface area contributed by atoms with Crippen LogP contribution >= 0.6 is 0 Å². The number of fused-ring (bicyclic) bond motifs is 1. The maximum absolute atomic E-state index is 12.7. The van der Waals surface area contributed by atoms with Crippen LogP contribution in [0.2, 0.25) is 0 Å². The molecule has 0 aliphatic rings. The Morgan fingerprint density at radius 3 is 2.62 bits per heavy atom. The van der Waals surface area contributed by atoms with E-state index in [-0.39, 0.29) is 11.8 Å². The first-order valence-electron chi connectivity index (χ1n) is 10.7. The fraction of sp³-hybridized carbons (Fsp3) is 0.0800. The van der Waals surface area contributed by atoms with Crippen LogP contribution in [-0.4, -0.2) is 35.9 Å². The van der Waals surface area contributed by atoms with Crippen molar-refractivity contribution in [2.75, 3.05) is 10.6 Å². The van der Waals surface area contributed by atoms with Gasteiger partial charge in [0.25, 0.3) is 5.91 Å². The highest BCUT2D eigenvalue weighted by molar-refractivity contribution is 6.05. The summed E-state index contributed by atoms with van der Waals surface area (Å²) in [5.41, 5.74) is 3.39. The number of hydrogen-bond donors (Lipinski definition) is 2. The summed E-state index contributed by atoms with van der Waals surface area (Å²) >= 11 is 0. The Hall–Kier alpha value is -4.79. The zero-order valence-corrected chi connectivity index (χ0v) is 18.1. The minimum absolute atomic E-state index is 0.141. The normalized spacial score (nSPS) is 10.8. The summed E-state index contributed by atoms with van der Waals surface area (Å²) in [4.78, 5) is 37.8. The van der Waals surface area contributed by atoms with Crippen molar-refractivity contribution in [2.45, 2.75) is 13.0 Å². The van der Waals surface area contributed by atoms with Crippen LogP contribution in [0.25, 0.3) is 16.9 Å². The molecule has 34 heavy (non-hydrogen) atoms. The molecule has 168 valence electrons. The Morgan fingerprint density at radius 1 is 0.882 bits per heavy atom. The number of rotatable bonds is 7. The number of aryl methyl sites for hydroxylation is 1. The minimum atomic E-state index is -0.294. The lowest BCUT2D eigenvalue weighted by Crippen LogP contribution is -2.16. The average Bonchev–Trinajstić information content (AvgIpc) is 3.54. The van der Waals surface area contributed by atoms with Crippen molar-refractivity contribution in [1.29, 1.82) is 0 Å². The number of aromatic nitrogens is 5. The van der Waals surface area contributed by atoms with Crippen molar-refractivity contribution in [2.24, 2.45) is 0 Å². The standard InChI is InChI=1S/C25H21N7O2/c33-24(10-12-31-13-11-26-16-31)29-19-5-3-4-18(14-19)25(34)30-20-8-9-23(27-15-20)32-17-28-21-6-1-2-7-22(21)32/h1-9,11,13-17H,10,12H2,(H,29,33)(H,30,34). The lowest BCUT2D eigenvalue weighted by molar-refractivity contribution is -0.116. The Kier molecular flexibility index (Phi) is 5.81. The molecule has 5 aromatic rings. The summed E-state index contributed by atoms with van der Waals surface area (Å²) in [5.74, 6) is 0.266. The van der Waals surface area contributed by atoms with Gasteiger partial charge in [-0.2, -0.15) is 0 Å². The van der Waals surface area contributed by atoms with E-state index in [0.29, 0.717) is 35.7 Å². The molecule has 0 saturated heterocycles. The highest BCUT2D eigenvalue weighted by Crippen LogP contribution is 2.18. The Morgan fingerprint density at radius 2 is 1.79 bits per heavy atom. The molecule has 0 aliphatic carbocycles. The first kappa shape index (κ1) is 21.1. The van der Waals surface area contributed by atoms with Crippen molar-refractivity contribution in [3.8, 4) is 5.82 Å². The van der Waals surface area contributed by atoms with E-state index >= 15 is 0 Å². The molecule has 2 N–H and O–H groups in total. The molecule has 9 heteroatoms. The second-order valence-electron chi connectivity index (χ2n) is 7.64. The number of nitrogens with one attached hydrogen (secondary N) is 2. The molecule has 3 aromatic heterocycles. The number of imidazole rings is 2. The predicted octanol–water partition coefficient (Wildman–Crippen LogP) is 3.90. The van der Waals surface area contributed by atoms with Gasteiger partial charge in [0, 0.05) is 36.6 Å². The van der Waals surface area contributed by atoms with Crippen molar-refractivity contribution >= 4 is 34.2 Å². The molecule has 9 nitrogen and oxygen atoms in total. The van der Waals surface area contributed by atoms with Crippen LogP contribution in [0.1, 0.15) is 16.8 Å². The predicted molar refractivity (Wildman–Crippen MR) is 129 cm³/mol. The van der Waals surface area contributed by atoms with Gasteiger partial charge in [0.15, 0.2) is 0 Å². The van der Waals surface area contributed by atoms with Crippen LogP contribution in [0.5, 0.6) is 0 Å². The van der Waals surface area contributed by atoms with Gasteiger partial charge in [0.1, 0.15) is 12.1 Å². The van der Waals surface area contributed by atoms with Crippen molar-refractivity contribution in [3.63, 3.8) is 0 Å². The number of hydrogen-bond acceptors (Lipinski definition) is 5. The number of amides is 2. The SMILES string of the molecule is O=C(CCn1ccnc1)Nc1cccc(C(=O)Nc2ccc(-n3cnc4ccccc43)nc2)c1. The third-order valence-corrected chi connectivity index (χ3v) is 5.27. The van der Waals surface area contributed by atoms with E-state index in [1.807, 2.05) is 39.5 Å². The van der Waals surface area contributed by atoms with Crippen LogP contribution in [0.3, 0.4) is 0 Å². The van der Waals surface area contributed by atoms with Crippen LogP contribution in [0.4, 0.5) is 11.4 Å². The molecule has 0 saturated carbocycles. The lowest BCUT2D eigenvalue weighted by Gasteiger charge is -2.09. The van der Waals surface area contributed by atoms with E-state index in [4.69, 9.17) is 0 Å². The summed E-state index contributed by atoms with van der Waals surface area (Å²) in [6.45, 7) is 0.532. The topological polar surface area (TPSA) is 107 Å². The quantitative estimate of drug-likeness (QED) is 0.390. The number of anilines is 2. The van der Waals surface area contributed by atoms with E-state index in [2.05, 4.69) is 25.6 Å². The molecule has 0 fully saturated rings. The highest BCUT2D eigenvalue weighted by Gasteiger charge is 2.10. The van der Waals surface area contributed by atoms with E-state index in [0.717, 1.165) is 11.0 Å². The van der Waals surface area contributed by atoms with Crippen LogP contribution < -0.4 is 10.6 Å². The van der Waals surface area contributed by atoms with Gasteiger partial charge in [-0.3, -0.25) is 14.2 Å². The summed E-state index contributed by atoms with van der Waals surface area (Å²) in [6.07, 6.45) is 8.76. The number of nitrogens with zero attached hydrogens (tertiary/aromatic N) is 5. The highest BCUT2D eigenvalue weighted by atomic mass is 16.2. The number of pyridine rings is 1. The molecular formula is C25H21N7O2. The molecule has 0 spiro atoms.